The first-order valence-corrected chi connectivity index (χ1v) is 17.1. The lowest BCUT2D eigenvalue weighted by Crippen LogP contribution is -2.17. The average molecular weight is 606 g/mol. The summed E-state index contributed by atoms with van der Waals surface area (Å²) in [6.45, 7) is 6.90. The van der Waals surface area contributed by atoms with Crippen molar-refractivity contribution < 1.29 is 33.3 Å². The van der Waals surface area contributed by atoms with Gasteiger partial charge in [-0.15, -0.1) is 0 Å². The van der Waals surface area contributed by atoms with Gasteiger partial charge in [-0.3, -0.25) is 5.32 Å². The molecule has 43 heavy (non-hydrogen) atoms. The van der Waals surface area contributed by atoms with Crippen molar-refractivity contribution >= 4 is 23.9 Å². The quantitative estimate of drug-likeness (QED) is 0.0485. The fourth-order valence-corrected chi connectivity index (χ4v) is 4.83. The molecule has 0 spiro atoms. The second-order valence-corrected chi connectivity index (χ2v) is 11.3. The third-order valence-electron chi connectivity index (χ3n) is 7.37. The minimum atomic E-state index is -0.901. The average Bonchev–Trinajstić information content (AvgIpc) is 2.99. The van der Waals surface area contributed by atoms with Gasteiger partial charge < -0.3 is 18.9 Å². The molecule has 246 valence electrons. The molecule has 1 aromatic rings. The lowest BCUT2D eigenvalue weighted by molar-refractivity contribution is 0.0520. The number of rotatable bonds is 26. The molecule has 0 heterocycles. The van der Waals surface area contributed by atoms with E-state index in [0.29, 0.717) is 12.3 Å². The summed E-state index contributed by atoms with van der Waals surface area (Å²) in [4.78, 5) is 37.1. The first kappa shape index (κ1) is 38.3. The molecule has 0 fully saturated rings. The predicted octanol–water partition coefficient (Wildman–Crippen LogP) is 10.8. The summed E-state index contributed by atoms with van der Waals surface area (Å²) in [6, 6.07) is 4.38. The van der Waals surface area contributed by atoms with Gasteiger partial charge in [0.2, 0.25) is 0 Å². The number of nitrogens with one attached hydrogen (secondary N) is 1. The van der Waals surface area contributed by atoms with Crippen LogP contribution in [0.2, 0.25) is 0 Å². The van der Waals surface area contributed by atoms with Crippen LogP contribution in [0, 0.1) is 0 Å². The molecule has 0 unspecified atom stereocenters. The Labute approximate surface area is 261 Å². The van der Waals surface area contributed by atoms with Crippen LogP contribution in [0.25, 0.3) is 0 Å². The lowest BCUT2D eigenvalue weighted by atomic mass is 10.1. The van der Waals surface area contributed by atoms with Crippen molar-refractivity contribution in [1.82, 2.24) is 0 Å². The number of ether oxygens (including phenoxy) is 4. The molecule has 0 atom stereocenters. The highest BCUT2D eigenvalue weighted by Crippen LogP contribution is 2.25. The van der Waals surface area contributed by atoms with E-state index in [9.17, 15) is 14.4 Å². The minimum Gasteiger partial charge on any atom is -0.462 e. The number of unbranched alkanes of at least 4 members (excludes halogenated alkanes) is 18. The van der Waals surface area contributed by atoms with Crippen molar-refractivity contribution in [3.63, 3.8) is 0 Å². The summed E-state index contributed by atoms with van der Waals surface area (Å²) in [7, 11) is 0. The van der Waals surface area contributed by atoms with Gasteiger partial charge >= 0.3 is 18.2 Å². The Balaban J connectivity index is 2.38. The number of hydrogen-bond acceptors (Lipinski definition) is 7. The van der Waals surface area contributed by atoms with E-state index < -0.39 is 18.2 Å². The van der Waals surface area contributed by atoms with Gasteiger partial charge in [0.1, 0.15) is 5.56 Å². The van der Waals surface area contributed by atoms with E-state index in [0.717, 1.165) is 38.5 Å². The van der Waals surface area contributed by atoms with Gasteiger partial charge in [0.15, 0.2) is 5.75 Å². The number of amides is 1. The molecular formula is C35H59NO7. The molecule has 0 radical (unpaired) electrons. The van der Waals surface area contributed by atoms with Crippen molar-refractivity contribution in [3.8, 4) is 5.75 Å². The standard InChI is InChI=1S/C35H59NO7/c1-4-7-9-11-13-15-17-19-21-23-27-41-34(38)36-30-25-26-31(33(37)40-6-3)32(29-30)43-35(39)42-28-24-22-20-18-16-14-12-10-8-5-2/h25-26,29H,4-24,27-28H2,1-3H3,(H,36,38). The number of benzene rings is 1. The van der Waals surface area contributed by atoms with Gasteiger partial charge in [-0.05, 0) is 31.9 Å². The predicted molar refractivity (Wildman–Crippen MR) is 173 cm³/mol. The maximum Gasteiger partial charge on any atom is 0.513 e. The van der Waals surface area contributed by atoms with Gasteiger partial charge in [-0.1, -0.05) is 129 Å². The normalized spacial score (nSPS) is 10.8. The third-order valence-corrected chi connectivity index (χ3v) is 7.37. The maximum absolute atomic E-state index is 12.4. The molecular weight excluding hydrogens is 546 g/mol. The van der Waals surface area contributed by atoms with Crippen LogP contribution < -0.4 is 10.1 Å². The summed E-state index contributed by atoms with van der Waals surface area (Å²) in [5.41, 5.74) is 0.403. The highest BCUT2D eigenvalue weighted by atomic mass is 16.7. The van der Waals surface area contributed by atoms with E-state index in [2.05, 4.69) is 19.2 Å². The van der Waals surface area contributed by atoms with Crippen LogP contribution in [0.3, 0.4) is 0 Å². The van der Waals surface area contributed by atoms with E-state index >= 15 is 0 Å². The largest absolute Gasteiger partial charge is 0.513 e. The first-order valence-electron chi connectivity index (χ1n) is 17.1. The lowest BCUT2D eigenvalue weighted by Gasteiger charge is -2.12. The van der Waals surface area contributed by atoms with E-state index in [1.54, 1.807) is 6.92 Å². The van der Waals surface area contributed by atoms with Crippen molar-refractivity contribution in [2.75, 3.05) is 25.1 Å². The van der Waals surface area contributed by atoms with E-state index in [-0.39, 0.29) is 24.5 Å². The molecule has 8 heteroatoms. The zero-order valence-corrected chi connectivity index (χ0v) is 27.4. The van der Waals surface area contributed by atoms with E-state index in [1.165, 1.54) is 108 Å². The third kappa shape index (κ3) is 20.7. The van der Waals surface area contributed by atoms with Crippen LogP contribution in [0.4, 0.5) is 15.3 Å². The molecule has 1 amide bonds. The molecule has 0 bridgehead atoms. The van der Waals surface area contributed by atoms with Gasteiger partial charge in [-0.2, -0.15) is 0 Å². The Bertz CT molecular complexity index is 874. The molecule has 1 rings (SSSR count). The Morgan fingerprint density at radius 3 is 1.53 bits per heavy atom. The fraction of sp³-hybridized carbons (Fsp3) is 0.743. The zero-order valence-electron chi connectivity index (χ0n) is 27.4. The Morgan fingerprint density at radius 1 is 0.581 bits per heavy atom. The van der Waals surface area contributed by atoms with Crippen molar-refractivity contribution in [1.29, 1.82) is 0 Å². The van der Waals surface area contributed by atoms with Gasteiger partial charge in [0, 0.05) is 11.8 Å². The van der Waals surface area contributed by atoms with Crippen molar-refractivity contribution in [3.05, 3.63) is 23.8 Å². The molecule has 1 N–H and O–H groups in total. The molecule has 0 aliphatic heterocycles. The van der Waals surface area contributed by atoms with E-state index in [1.807, 2.05) is 0 Å². The van der Waals surface area contributed by atoms with Crippen LogP contribution in [0.1, 0.15) is 160 Å². The van der Waals surface area contributed by atoms with Crippen LogP contribution >= 0.6 is 0 Å². The number of anilines is 1. The Morgan fingerprint density at radius 2 is 1.05 bits per heavy atom. The van der Waals surface area contributed by atoms with Gasteiger partial charge in [-0.25, -0.2) is 14.4 Å². The van der Waals surface area contributed by atoms with Crippen LogP contribution in [0.15, 0.2) is 18.2 Å². The number of esters is 1. The maximum atomic E-state index is 12.4. The Kier molecular flexibility index (Phi) is 23.9. The summed E-state index contributed by atoms with van der Waals surface area (Å²) in [5, 5.41) is 2.63. The monoisotopic (exact) mass is 605 g/mol. The second-order valence-electron chi connectivity index (χ2n) is 11.3. The van der Waals surface area contributed by atoms with Crippen molar-refractivity contribution in [2.24, 2.45) is 0 Å². The van der Waals surface area contributed by atoms with Crippen molar-refractivity contribution in [2.45, 2.75) is 149 Å². The molecule has 1 aromatic carbocycles. The highest BCUT2D eigenvalue weighted by molar-refractivity contribution is 5.95. The highest BCUT2D eigenvalue weighted by Gasteiger charge is 2.19. The Hall–Kier alpha value is -2.77. The fourth-order valence-electron chi connectivity index (χ4n) is 4.83. The number of carbonyl (C=O) groups is 3. The number of carbonyl (C=O) groups excluding carboxylic acids is 3. The summed E-state index contributed by atoms with van der Waals surface area (Å²) in [6.07, 6.45) is 22.3. The summed E-state index contributed by atoms with van der Waals surface area (Å²) < 4.78 is 21.0. The van der Waals surface area contributed by atoms with Gasteiger partial charge in [0.25, 0.3) is 0 Å². The second kappa shape index (κ2) is 26.8. The van der Waals surface area contributed by atoms with Crippen LogP contribution in [0.5, 0.6) is 5.75 Å². The zero-order chi connectivity index (χ0) is 31.4. The topological polar surface area (TPSA) is 100 Å². The van der Waals surface area contributed by atoms with Crippen LogP contribution in [-0.4, -0.2) is 38.0 Å². The minimum absolute atomic E-state index is 0.0426. The summed E-state index contributed by atoms with van der Waals surface area (Å²) in [5.74, 6) is -0.672. The molecule has 0 aromatic heterocycles. The van der Waals surface area contributed by atoms with E-state index in [4.69, 9.17) is 18.9 Å². The van der Waals surface area contributed by atoms with Gasteiger partial charge in [0.05, 0.1) is 19.8 Å². The van der Waals surface area contributed by atoms with Crippen LogP contribution in [-0.2, 0) is 14.2 Å². The SMILES string of the molecule is CCCCCCCCCCCCOC(=O)Nc1ccc(C(=O)OCC)c(OC(=O)OCCCCCCCCCCCC)c1. The molecule has 0 aliphatic carbocycles. The molecule has 0 aliphatic rings. The molecule has 0 saturated carbocycles. The molecule has 0 saturated heterocycles. The summed E-state index contributed by atoms with van der Waals surface area (Å²) >= 11 is 0. The number of hydrogen-bond donors (Lipinski definition) is 1. The smallest absolute Gasteiger partial charge is 0.462 e. The molecule has 8 nitrogen and oxygen atoms in total. The first-order chi connectivity index (χ1) is 21.0.